The topological polar surface area (TPSA) is 99.0 Å². The molecule has 0 aliphatic rings. The molecule has 1 rings (SSSR count). The molecule has 56 heavy (non-hydrogen) atoms. The quantitative estimate of drug-likeness (QED) is 0.0286. The molecule has 0 N–H and O–H groups in total. The average Bonchev–Trinajstić information content (AvgIpc) is 3.19. The Morgan fingerprint density at radius 1 is 0.607 bits per heavy atom. The maximum absolute atomic E-state index is 13.8. The molecule has 320 valence electrons. The zero-order chi connectivity index (χ0) is 41.0. The molecule has 0 aromatic heterocycles. The molecular weight excluding hydrogens is 721 g/mol. The number of sulfonamides is 1. The van der Waals surface area contributed by atoms with Gasteiger partial charge in [-0.2, -0.15) is 4.31 Å². The second-order valence-electron chi connectivity index (χ2n) is 15.5. The fourth-order valence-corrected chi connectivity index (χ4v) is 8.09. The van der Waals surface area contributed by atoms with Crippen LogP contribution in [0.2, 0.25) is 0 Å². The van der Waals surface area contributed by atoms with E-state index in [1.165, 1.54) is 126 Å². The highest BCUT2D eigenvalue weighted by atomic mass is 32.2. The third-order valence-corrected chi connectivity index (χ3v) is 12.3. The minimum absolute atomic E-state index is 0.132. The molecular formula is C47H80N2O6S. The van der Waals surface area contributed by atoms with Crippen LogP contribution in [0, 0.1) is 10.1 Å². The summed E-state index contributed by atoms with van der Waals surface area (Å²) in [7, 11) is -2.73. The summed E-state index contributed by atoms with van der Waals surface area (Å²) < 4.78 is 41.0. The molecule has 0 spiro atoms. The normalized spacial score (nSPS) is 12.8. The van der Waals surface area contributed by atoms with Gasteiger partial charge in [0, 0.05) is 26.3 Å². The Kier molecular flexibility index (Phi) is 31.6. The van der Waals surface area contributed by atoms with Gasteiger partial charge in [-0.15, -0.1) is 0 Å². The number of ether oxygens (including phenoxy) is 2. The number of nitro groups is 1. The fourth-order valence-electron chi connectivity index (χ4n) is 6.46. The van der Waals surface area contributed by atoms with Gasteiger partial charge in [0.15, 0.2) is 4.90 Å². The molecule has 0 aliphatic heterocycles. The van der Waals surface area contributed by atoms with Crippen LogP contribution in [0.25, 0.3) is 0 Å². The first-order valence-corrected chi connectivity index (χ1v) is 23.6. The summed E-state index contributed by atoms with van der Waals surface area (Å²) in [4.78, 5) is 10.7. The second kappa shape index (κ2) is 34.5. The van der Waals surface area contributed by atoms with Crippen molar-refractivity contribution in [3.05, 3.63) is 83.0 Å². The SMILES string of the molecule is CCCCC/C=C\C/C=C\CCCCCCCCOCC(C)(COCCCCCCCC/C=C\C/C=C\CCCCC)N(C)S(=O)(=O)c1ccccc1[N+](=O)[O-]. The van der Waals surface area contributed by atoms with Crippen LogP contribution in [-0.2, 0) is 19.5 Å². The molecule has 0 heterocycles. The van der Waals surface area contributed by atoms with Crippen molar-refractivity contribution >= 4 is 15.7 Å². The number of hydrogen-bond donors (Lipinski definition) is 0. The number of allylic oxidation sites excluding steroid dienone is 8. The molecule has 0 fully saturated rings. The first-order valence-electron chi connectivity index (χ1n) is 22.2. The van der Waals surface area contributed by atoms with Crippen LogP contribution in [0.15, 0.2) is 77.8 Å². The highest BCUT2D eigenvalue weighted by Crippen LogP contribution is 2.30. The minimum Gasteiger partial charge on any atom is -0.379 e. The molecule has 0 aliphatic carbocycles. The number of nitro benzene ring substituents is 1. The third kappa shape index (κ3) is 24.9. The maximum atomic E-state index is 13.8. The summed E-state index contributed by atoms with van der Waals surface area (Å²) in [5, 5.41) is 11.7. The molecule has 0 saturated carbocycles. The van der Waals surface area contributed by atoms with E-state index in [2.05, 4.69) is 62.5 Å². The Morgan fingerprint density at radius 2 is 0.982 bits per heavy atom. The molecule has 8 nitrogen and oxygen atoms in total. The van der Waals surface area contributed by atoms with Gasteiger partial charge in [-0.25, -0.2) is 8.42 Å². The number of unbranched alkanes of at least 4 members (excludes halogenated alkanes) is 18. The van der Waals surface area contributed by atoms with Crippen LogP contribution in [-0.4, -0.2) is 56.7 Å². The lowest BCUT2D eigenvalue weighted by atomic mass is 10.1. The van der Waals surface area contributed by atoms with Gasteiger partial charge in [-0.05, 0) is 90.0 Å². The van der Waals surface area contributed by atoms with Crippen LogP contribution < -0.4 is 0 Å². The number of nitrogens with zero attached hydrogens (tertiary/aromatic N) is 2. The Bertz CT molecular complexity index is 1290. The van der Waals surface area contributed by atoms with Crippen molar-refractivity contribution in [1.29, 1.82) is 0 Å². The van der Waals surface area contributed by atoms with Crippen molar-refractivity contribution in [3.63, 3.8) is 0 Å². The summed E-state index contributed by atoms with van der Waals surface area (Å²) in [6, 6.07) is 5.50. The predicted octanol–water partition coefficient (Wildman–Crippen LogP) is 13.6. The van der Waals surface area contributed by atoms with Gasteiger partial charge >= 0.3 is 0 Å². The van der Waals surface area contributed by atoms with Crippen molar-refractivity contribution < 1.29 is 22.8 Å². The fraction of sp³-hybridized carbons (Fsp3) is 0.702. The van der Waals surface area contributed by atoms with E-state index >= 15 is 0 Å². The van der Waals surface area contributed by atoms with Crippen LogP contribution in [0.1, 0.15) is 175 Å². The van der Waals surface area contributed by atoms with Gasteiger partial charge in [0.25, 0.3) is 5.69 Å². The lowest BCUT2D eigenvalue weighted by Crippen LogP contribution is -2.53. The van der Waals surface area contributed by atoms with E-state index in [9.17, 15) is 18.5 Å². The largest absolute Gasteiger partial charge is 0.379 e. The predicted molar refractivity (Wildman–Crippen MR) is 237 cm³/mol. The number of rotatable bonds is 38. The zero-order valence-electron chi connectivity index (χ0n) is 36.0. The van der Waals surface area contributed by atoms with Gasteiger partial charge in [-0.1, -0.05) is 152 Å². The molecule has 0 radical (unpaired) electrons. The van der Waals surface area contributed by atoms with Crippen molar-refractivity contribution in [2.45, 2.75) is 185 Å². The van der Waals surface area contributed by atoms with E-state index in [1.54, 1.807) is 6.92 Å². The second-order valence-corrected chi connectivity index (χ2v) is 17.4. The Labute approximate surface area is 343 Å². The molecule has 0 atom stereocenters. The molecule has 0 saturated heterocycles. The summed E-state index contributed by atoms with van der Waals surface area (Å²) >= 11 is 0. The van der Waals surface area contributed by atoms with Gasteiger partial charge in [0.1, 0.15) is 0 Å². The third-order valence-electron chi connectivity index (χ3n) is 10.3. The Morgan fingerprint density at radius 3 is 1.39 bits per heavy atom. The van der Waals surface area contributed by atoms with E-state index < -0.39 is 26.2 Å². The van der Waals surface area contributed by atoms with Gasteiger partial charge < -0.3 is 9.47 Å². The number of hydrogen-bond acceptors (Lipinski definition) is 6. The highest BCUT2D eigenvalue weighted by Gasteiger charge is 2.41. The van der Waals surface area contributed by atoms with Crippen molar-refractivity contribution in [2.75, 3.05) is 33.5 Å². The summed E-state index contributed by atoms with van der Waals surface area (Å²) in [5.74, 6) is 0. The van der Waals surface area contributed by atoms with Crippen LogP contribution in [0.4, 0.5) is 5.69 Å². The molecule has 1 aromatic carbocycles. The van der Waals surface area contributed by atoms with E-state index in [4.69, 9.17) is 9.47 Å². The van der Waals surface area contributed by atoms with E-state index in [1.807, 2.05) is 0 Å². The van der Waals surface area contributed by atoms with E-state index in [0.717, 1.165) is 64.2 Å². The van der Waals surface area contributed by atoms with Crippen molar-refractivity contribution in [2.24, 2.45) is 0 Å². The average molecular weight is 801 g/mol. The Balaban J connectivity index is 2.45. The van der Waals surface area contributed by atoms with Gasteiger partial charge in [-0.3, -0.25) is 10.1 Å². The Hall–Kier alpha value is -2.59. The first-order chi connectivity index (χ1) is 27.2. The van der Waals surface area contributed by atoms with Crippen molar-refractivity contribution in [1.82, 2.24) is 4.31 Å². The summed E-state index contributed by atoms with van der Waals surface area (Å²) in [6.07, 6.45) is 46.2. The molecule has 0 bridgehead atoms. The van der Waals surface area contributed by atoms with Crippen LogP contribution in [0.5, 0.6) is 0 Å². The zero-order valence-corrected chi connectivity index (χ0v) is 36.8. The highest BCUT2D eigenvalue weighted by molar-refractivity contribution is 7.89. The van der Waals surface area contributed by atoms with Gasteiger partial charge in [0.05, 0.1) is 23.7 Å². The molecule has 1 aromatic rings. The summed E-state index contributed by atoms with van der Waals surface area (Å²) in [5.41, 5.74) is -1.48. The molecule has 9 heteroatoms. The maximum Gasteiger partial charge on any atom is 0.289 e. The molecule has 0 amide bonds. The smallest absolute Gasteiger partial charge is 0.289 e. The minimum atomic E-state index is -4.20. The number of para-hydroxylation sites is 1. The van der Waals surface area contributed by atoms with Crippen LogP contribution >= 0.6 is 0 Å². The summed E-state index contributed by atoms with van der Waals surface area (Å²) in [6.45, 7) is 7.59. The first kappa shape index (κ1) is 51.4. The van der Waals surface area contributed by atoms with E-state index in [-0.39, 0.29) is 18.1 Å². The number of benzene rings is 1. The lowest BCUT2D eigenvalue weighted by Gasteiger charge is -2.37. The molecule has 0 unspecified atom stereocenters. The van der Waals surface area contributed by atoms with Crippen molar-refractivity contribution in [3.8, 4) is 0 Å². The lowest BCUT2D eigenvalue weighted by molar-refractivity contribution is -0.387. The standard InChI is InChI=1S/C47H80N2O6S/c1-5-7-9-11-13-15-17-19-21-23-25-27-29-31-33-37-41-54-43-47(3,48(4)56(52,53)46-40-36-35-39-45(46)49(50)51)44-55-42-38-34-32-30-28-26-24-22-20-18-16-14-12-10-8-6-2/h13-16,19-22,35-36,39-40H,5-12,17-18,23-34,37-38,41-44H2,1-4H3/b15-13-,16-14-,21-19-,22-20-. The van der Waals surface area contributed by atoms with Gasteiger partial charge in [0.2, 0.25) is 10.0 Å². The van der Waals surface area contributed by atoms with Crippen LogP contribution in [0.3, 0.4) is 0 Å². The monoisotopic (exact) mass is 801 g/mol. The number of likely N-dealkylation sites (N-methyl/N-ethyl adjacent to an activating group) is 1. The van der Waals surface area contributed by atoms with E-state index in [0.29, 0.717) is 13.2 Å².